The minimum absolute atomic E-state index is 0.0180. The fraction of sp³-hybridized carbons (Fsp3) is 0.100. The van der Waals surface area contributed by atoms with Gasteiger partial charge in [0.15, 0.2) is 5.58 Å². The second-order valence-electron chi connectivity index (χ2n) is 9.55. The van der Waals surface area contributed by atoms with Crippen molar-refractivity contribution in [3.05, 3.63) is 90.3 Å². The Morgan fingerprint density at radius 3 is 2.36 bits per heavy atom. The molecule has 1 N–H and O–H groups in total. The highest BCUT2D eigenvalue weighted by atomic mass is 32.2. The second kappa shape index (κ2) is 10.1. The number of sulfonamides is 1. The monoisotopic (exact) mass is 588 g/mol. The lowest BCUT2D eigenvalue weighted by Gasteiger charge is -2.21. The standard InChI is InChI=1S/C30H22F2N4O5S/c1-33-29(37)27-21-13-19(17-6-9-22(32)20(12-17)30-35-23-15-34-11-10-25(23)41-30)24(36(2)42(3,38)39)14-26(21)40-28(27)16-4-7-18(31)8-5-16/h4-15H,1-3H3,(H,33,37). The maximum absolute atomic E-state index is 15.1. The summed E-state index contributed by atoms with van der Waals surface area (Å²) in [4.78, 5) is 21.5. The minimum Gasteiger partial charge on any atom is -0.455 e. The van der Waals surface area contributed by atoms with Crippen LogP contribution in [0.1, 0.15) is 10.4 Å². The van der Waals surface area contributed by atoms with E-state index >= 15 is 4.39 Å². The normalized spacial score (nSPS) is 11.7. The SMILES string of the molecule is CNC(=O)c1c(-c2ccc(F)cc2)oc2cc(N(C)S(C)(=O)=O)c(-c3ccc(F)c(-c4nc5cnccc5o4)c3)cc12. The van der Waals surface area contributed by atoms with Crippen LogP contribution < -0.4 is 9.62 Å². The Morgan fingerprint density at radius 1 is 0.929 bits per heavy atom. The largest absolute Gasteiger partial charge is 0.455 e. The van der Waals surface area contributed by atoms with E-state index < -0.39 is 27.6 Å². The van der Waals surface area contributed by atoms with Gasteiger partial charge in [-0.25, -0.2) is 22.2 Å². The Labute approximate surface area is 238 Å². The van der Waals surface area contributed by atoms with Crippen molar-refractivity contribution in [3.63, 3.8) is 0 Å². The van der Waals surface area contributed by atoms with Gasteiger partial charge in [0.05, 0.1) is 29.3 Å². The van der Waals surface area contributed by atoms with Gasteiger partial charge in [-0.15, -0.1) is 0 Å². The summed E-state index contributed by atoms with van der Waals surface area (Å²) in [6, 6.07) is 14.4. The van der Waals surface area contributed by atoms with Gasteiger partial charge in [-0.1, -0.05) is 6.07 Å². The molecule has 12 heteroatoms. The number of rotatable bonds is 6. The minimum atomic E-state index is -3.77. The number of hydrogen-bond donors (Lipinski definition) is 1. The Balaban J connectivity index is 1.63. The molecule has 212 valence electrons. The average molecular weight is 589 g/mol. The van der Waals surface area contributed by atoms with E-state index in [1.165, 1.54) is 75.0 Å². The van der Waals surface area contributed by atoms with Crippen molar-refractivity contribution in [2.75, 3.05) is 24.7 Å². The highest BCUT2D eigenvalue weighted by Crippen LogP contribution is 2.42. The van der Waals surface area contributed by atoms with Crippen molar-refractivity contribution in [1.82, 2.24) is 15.3 Å². The predicted octanol–water partition coefficient (Wildman–Crippen LogP) is 6.00. The summed E-state index contributed by atoms with van der Waals surface area (Å²) < 4.78 is 67.1. The molecule has 6 rings (SSSR count). The third kappa shape index (κ3) is 4.65. The fourth-order valence-electron chi connectivity index (χ4n) is 4.71. The van der Waals surface area contributed by atoms with Gasteiger partial charge in [0, 0.05) is 48.9 Å². The zero-order valence-corrected chi connectivity index (χ0v) is 23.3. The van der Waals surface area contributed by atoms with Crippen LogP contribution in [-0.4, -0.2) is 44.6 Å². The van der Waals surface area contributed by atoms with Crippen LogP contribution in [-0.2, 0) is 10.0 Å². The molecule has 0 saturated carbocycles. The van der Waals surface area contributed by atoms with Crippen LogP contribution in [0.3, 0.4) is 0 Å². The van der Waals surface area contributed by atoms with Crippen molar-refractivity contribution in [2.45, 2.75) is 0 Å². The van der Waals surface area contributed by atoms with Crippen LogP contribution in [0.15, 0.2) is 81.9 Å². The molecule has 0 unspecified atom stereocenters. The smallest absolute Gasteiger partial charge is 0.255 e. The number of pyridine rings is 1. The van der Waals surface area contributed by atoms with Gasteiger partial charge in [-0.3, -0.25) is 14.1 Å². The maximum Gasteiger partial charge on any atom is 0.255 e. The number of oxazole rings is 1. The third-order valence-electron chi connectivity index (χ3n) is 6.90. The van der Waals surface area contributed by atoms with E-state index in [0.29, 0.717) is 33.2 Å². The molecule has 42 heavy (non-hydrogen) atoms. The molecule has 0 bridgehead atoms. The van der Waals surface area contributed by atoms with Crippen LogP contribution >= 0.6 is 0 Å². The van der Waals surface area contributed by atoms with Gasteiger partial charge in [0.1, 0.15) is 28.5 Å². The van der Waals surface area contributed by atoms with Crippen LogP contribution in [0, 0.1) is 11.6 Å². The van der Waals surface area contributed by atoms with E-state index in [1.54, 1.807) is 12.1 Å². The number of amides is 1. The van der Waals surface area contributed by atoms with E-state index in [-0.39, 0.29) is 34.0 Å². The van der Waals surface area contributed by atoms with Gasteiger partial charge in [-0.2, -0.15) is 0 Å². The molecule has 1 amide bonds. The van der Waals surface area contributed by atoms with Crippen LogP contribution in [0.5, 0.6) is 0 Å². The van der Waals surface area contributed by atoms with E-state index in [4.69, 9.17) is 8.83 Å². The molecule has 3 heterocycles. The van der Waals surface area contributed by atoms with E-state index in [1.807, 2.05) is 0 Å². The van der Waals surface area contributed by atoms with Crippen molar-refractivity contribution in [2.24, 2.45) is 0 Å². The Hall–Kier alpha value is -5.10. The quantitative estimate of drug-likeness (QED) is 0.253. The molecule has 0 aliphatic carbocycles. The number of anilines is 1. The molecular weight excluding hydrogens is 566 g/mol. The van der Waals surface area contributed by atoms with Gasteiger partial charge in [0.2, 0.25) is 15.9 Å². The highest BCUT2D eigenvalue weighted by Gasteiger charge is 2.26. The number of fused-ring (bicyclic) bond motifs is 2. The average Bonchev–Trinajstić information content (AvgIpc) is 3.57. The first-order chi connectivity index (χ1) is 20.0. The number of nitrogens with zero attached hydrogens (tertiary/aromatic N) is 3. The summed E-state index contributed by atoms with van der Waals surface area (Å²) in [5.74, 6) is -1.34. The lowest BCUT2D eigenvalue weighted by molar-refractivity contribution is 0.0964. The molecule has 9 nitrogen and oxygen atoms in total. The lowest BCUT2D eigenvalue weighted by Crippen LogP contribution is -2.25. The van der Waals surface area contributed by atoms with E-state index in [2.05, 4.69) is 15.3 Å². The number of carbonyl (C=O) groups excluding carboxylic acids is 1. The predicted molar refractivity (Wildman–Crippen MR) is 154 cm³/mol. The second-order valence-corrected chi connectivity index (χ2v) is 11.6. The third-order valence-corrected chi connectivity index (χ3v) is 8.09. The van der Waals surface area contributed by atoms with Crippen molar-refractivity contribution >= 4 is 43.7 Å². The number of nitrogens with one attached hydrogen (secondary N) is 1. The zero-order chi connectivity index (χ0) is 29.8. The summed E-state index contributed by atoms with van der Waals surface area (Å²) in [5.41, 5.74) is 2.75. The summed E-state index contributed by atoms with van der Waals surface area (Å²) in [5, 5.41) is 2.97. The topological polar surface area (TPSA) is 119 Å². The van der Waals surface area contributed by atoms with Gasteiger partial charge < -0.3 is 14.2 Å². The Morgan fingerprint density at radius 2 is 1.67 bits per heavy atom. The lowest BCUT2D eigenvalue weighted by atomic mass is 9.97. The first-order valence-electron chi connectivity index (χ1n) is 12.6. The summed E-state index contributed by atoms with van der Waals surface area (Å²) in [7, 11) is -0.926. The van der Waals surface area contributed by atoms with Gasteiger partial charge in [0.25, 0.3) is 5.91 Å². The molecule has 0 atom stereocenters. The number of hydrogen-bond acceptors (Lipinski definition) is 7. The maximum atomic E-state index is 15.1. The van der Waals surface area contributed by atoms with Crippen molar-refractivity contribution in [1.29, 1.82) is 0 Å². The van der Waals surface area contributed by atoms with Crippen molar-refractivity contribution < 1.29 is 30.8 Å². The molecule has 0 fully saturated rings. The first kappa shape index (κ1) is 27.1. The van der Waals surface area contributed by atoms with Crippen molar-refractivity contribution in [3.8, 4) is 33.9 Å². The Kier molecular flexibility index (Phi) is 6.49. The molecule has 3 aromatic heterocycles. The fourth-order valence-corrected chi connectivity index (χ4v) is 5.22. The summed E-state index contributed by atoms with van der Waals surface area (Å²) in [6.45, 7) is 0. The molecule has 0 saturated heterocycles. The van der Waals surface area contributed by atoms with E-state index in [9.17, 15) is 17.6 Å². The van der Waals surface area contributed by atoms with Crippen LogP contribution in [0.4, 0.5) is 14.5 Å². The Bertz CT molecular complexity index is 2090. The number of halogens is 2. The number of carbonyl (C=O) groups is 1. The van der Waals surface area contributed by atoms with E-state index in [0.717, 1.165) is 10.6 Å². The van der Waals surface area contributed by atoms with Crippen LogP contribution in [0.2, 0.25) is 0 Å². The first-order valence-corrected chi connectivity index (χ1v) is 14.4. The molecule has 6 aromatic rings. The highest BCUT2D eigenvalue weighted by molar-refractivity contribution is 7.92. The summed E-state index contributed by atoms with van der Waals surface area (Å²) in [6.07, 6.45) is 4.07. The van der Waals surface area contributed by atoms with Crippen LogP contribution in [0.25, 0.3) is 56.0 Å². The van der Waals surface area contributed by atoms with Gasteiger partial charge >= 0.3 is 0 Å². The molecule has 3 aromatic carbocycles. The molecule has 0 spiro atoms. The number of furan rings is 1. The summed E-state index contributed by atoms with van der Waals surface area (Å²) >= 11 is 0. The van der Waals surface area contributed by atoms with Gasteiger partial charge in [-0.05, 0) is 48.0 Å². The number of benzene rings is 3. The molecule has 0 aliphatic heterocycles. The number of aromatic nitrogens is 2. The zero-order valence-electron chi connectivity index (χ0n) is 22.5. The molecule has 0 aliphatic rings. The molecule has 0 radical (unpaired) electrons. The molecular formula is C30H22F2N4O5S.